The van der Waals surface area contributed by atoms with Crippen molar-refractivity contribution in [2.24, 2.45) is 0 Å². The number of phosphoric acid groups is 1. The maximum Gasteiger partial charge on any atom is 0.475 e. The third-order valence-electron chi connectivity index (χ3n) is 5.13. The van der Waals surface area contributed by atoms with Crippen molar-refractivity contribution in [3.63, 3.8) is 0 Å². The van der Waals surface area contributed by atoms with E-state index in [4.69, 9.17) is 27.4 Å². The third kappa shape index (κ3) is 9.72. The Balaban J connectivity index is 2.20. The smallest absolute Gasteiger partial charge is 0.475 e. The number of unbranched alkanes of at least 4 members (excludes halogenated alkanes) is 1. The number of pyridine rings is 1. The van der Waals surface area contributed by atoms with Gasteiger partial charge in [-0.05, 0) is 70.4 Å². The van der Waals surface area contributed by atoms with Crippen molar-refractivity contribution >= 4 is 21.2 Å². The predicted molar refractivity (Wildman–Crippen MR) is 144 cm³/mol. The van der Waals surface area contributed by atoms with Gasteiger partial charge < -0.3 is 18.7 Å². The van der Waals surface area contributed by atoms with Crippen LogP contribution in [0.2, 0.25) is 0 Å². The van der Waals surface area contributed by atoms with Crippen molar-refractivity contribution in [2.45, 2.75) is 46.4 Å². The van der Waals surface area contributed by atoms with Gasteiger partial charge in [0.15, 0.2) is 17.4 Å². The molecule has 38 heavy (non-hydrogen) atoms. The van der Waals surface area contributed by atoms with Crippen LogP contribution in [0.25, 0.3) is 0 Å². The van der Waals surface area contributed by atoms with E-state index in [-0.39, 0.29) is 44.3 Å². The summed E-state index contributed by atoms with van der Waals surface area (Å²) in [5.74, 6) is -1.33. The highest BCUT2D eigenvalue weighted by atomic mass is 31.2. The minimum atomic E-state index is -4.15. The molecule has 1 aromatic heterocycles. The number of rotatable bonds is 19. The first-order valence-electron chi connectivity index (χ1n) is 12.7. The molecular weight excluding hydrogens is 537 g/mol. The highest BCUT2D eigenvalue weighted by Crippen LogP contribution is 2.67. The number of phosphoric ester groups is 1. The molecule has 0 aliphatic heterocycles. The Morgan fingerprint density at radius 1 is 0.921 bits per heavy atom. The summed E-state index contributed by atoms with van der Waals surface area (Å²) in [7, 11) is -6.26. The van der Waals surface area contributed by atoms with Gasteiger partial charge in [-0.15, -0.1) is 0 Å². The maximum atomic E-state index is 14.6. The van der Waals surface area contributed by atoms with Crippen LogP contribution in [0.3, 0.4) is 0 Å². The number of halogens is 1. The van der Waals surface area contributed by atoms with Crippen LogP contribution >= 0.6 is 15.4 Å². The molecule has 0 radical (unpaired) electrons. The minimum absolute atomic E-state index is 0.0187. The summed E-state index contributed by atoms with van der Waals surface area (Å²) < 4.78 is 74.4. The van der Waals surface area contributed by atoms with Crippen molar-refractivity contribution in [1.29, 1.82) is 0 Å². The molecule has 10 nitrogen and oxygen atoms in total. The largest absolute Gasteiger partial charge is 0.491 e. The van der Waals surface area contributed by atoms with Gasteiger partial charge in [-0.2, -0.15) is 0 Å². The van der Waals surface area contributed by atoms with Crippen LogP contribution in [0.15, 0.2) is 42.6 Å². The average Bonchev–Trinajstić information content (AvgIpc) is 2.89. The lowest BCUT2D eigenvalue weighted by Crippen LogP contribution is -2.20. The van der Waals surface area contributed by atoms with Gasteiger partial charge in [0.2, 0.25) is 0 Å². The fourth-order valence-corrected chi connectivity index (χ4v) is 7.08. The van der Waals surface area contributed by atoms with Gasteiger partial charge in [-0.1, -0.05) is 12.1 Å². The average molecular weight is 577 g/mol. The Bertz CT molecular complexity index is 1040. The second-order valence-electron chi connectivity index (χ2n) is 7.97. The molecule has 214 valence electrons. The van der Waals surface area contributed by atoms with Gasteiger partial charge in [-0.25, -0.2) is 13.9 Å². The van der Waals surface area contributed by atoms with E-state index < -0.39 is 27.1 Å². The first-order chi connectivity index (χ1) is 18.2. The maximum absolute atomic E-state index is 14.6. The molecule has 0 saturated heterocycles. The highest BCUT2D eigenvalue weighted by Gasteiger charge is 2.44. The summed E-state index contributed by atoms with van der Waals surface area (Å²) in [6.07, 6.45) is 3.18. The topological polar surface area (TPSA) is 106 Å². The molecule has 1 atom stereocenters. The van der Waals surface area contributed by atoms with Crippen LogP contribution < -0.4 is 9.64 Å². The van der Waals surface area contributed by atoms with Gasteiger partial charge >= 0.3 is 15.4 Å². The lowest BCUT2D eigenvalue weighted by Gasteiger charge is -2.29. The highest BCUT2D eigenvalue weighted by molar-refractivity contribution is 7.55. The minimum Gasteiger partial charge on any atom is -0.491 e. The van der Waals surface area contributed by atoms with E-state index >= 15 is 0 Å². The lowest BCUT2D eigenvalue weighted by molar-refractivity contribution is 0.0891. The molecule has 0 fully saturated rings. The van der Waals surface area contributed by atoms with Crippen LogP contribution in [0.4, 0.5) is 10.2 Å². The zero-order valence-corrected chi connectivity index (χ0v) is 24.5. The summed E-state index contributed by atoms with van der Waals surface area (Å²) in [5, 5.41) is 0. The van der Waals surface area contributed by atoms with Gasteiger partial charge in [0, 0.05) is 19.8 Å². The number of hydrogen-bond donors (Lipinski definition) is 0. The number of aromatic nitrogens is 1. The molecule has 0 spiro atoms. The summed E-state index contributed by atoms with van der Waals surface area (Å²) in [6, 6.07) is 9.55. The molecule has 0 saturated carbocycles. The predicted octanol–water partition coefficient (Wildman–Crippen LogP) is 6.98. The number of benzene rings is 1. The zero-order chi connectivity index (χ0) is 28.0. The molecular formula is C25H39FN2O8P2. The number of anilines is 1. The Morgan fingerprint density at radius 3 is 2.16 bits per heavy atom. The first-order valence-corrected chi connectivity index (χ1v) is 15.8. The van der Waals surface area contributed by atoms with Gasteiger partial charge in [0.25, 0.3) is 0 Å². The molecule has 13 heteroatoms. The normalized spacial score (nSPS) is 12.9. The lowest BCUT2D eigenvalue weighted by atomic mass is 10.2. The van der Waals surface area contributed by atoms with Crippen LogP contribution in [-0.4, -0.2) is 51.6 Å². The van der Waals surface area contributed by atoms with Crippen molar-refractivity contribution in [2.75, 3.05) is 51.5 Å². The second-order valence-corrected chi connectivity index (χ2v) is 11.7. The fraction of sp³-hybridized carbons (Fsp3) is 0.560. The van der Waals surface area contributed by atoms with Crippen LogP contribution in [0.5, 0.6) is 5.75 Å². The quantitative estimate of drug-likeness (QED) is 0.128. The molecule has 1 unspecified atom stereocenters. The van der Waals surface area contributed by atoms with E-state index in [1.807, 2.05) is 30.1 Å². The van der Waals surface area contributed by atoms with Crippen molar-refractivity contribution in [1.82, 2.24) is 4.98 Å². The standard InChI is InChI=1S/C25H39FN2O8P2/c1-6-32-37(29,33-7-2)25(36-38(30,34-8-3)35-9-4)21-15-16-22(26)23(20-21)31-19-13-12-18-28(5)24-14-10-11-17-27-24/h10-11,14-17,20,25H,6-9,12-13,18-19H2,1-5H3. The van der Waals surface area contributed by atoms with Crippen molar-refractivity contribution in [3.05, 3.63) is 54.0 Å². The van der Waals surface area contributed by atoms with Gasteiger partial charge in [-0.3, -0.25) is 18.1 Å². The van der Waals surface area contributed by atoms with Gasteiger partial charge in [0.05, 0.1) is 33.0 Å². The van der Waals surface area contributed by atoms with Gasteiger partial charge in [0.1, 0.15) is 5.82 Å². The monoisotopic (exact) mass is 576 g/mol. The van der Waals surface area contributed by atoms with Crippen LogP contribution in [-0.2, 0) is 31.7 Å². The molecule has 0 bridgehead atoms. The van der Waals surface area contributed by atoms with E-state index in [1.54, 1.807) is 33.9 Å². The Labute approximate surface area is 224 Å². The summed E-state index contributed by atoms with van der Waals surface area (Å²) in [4.78, 5) is 6.33. The number of nitrogens with zero attached hydrogens (tertiary/aromatic N) is 2. The molecule has 1 aromatic carbocycles. The van der Waals surface area contributed by atoms with E-state index in [9.17, 15) is 13.5 Å². The SMILES string of the molecule is CCOP(=O)(OCC)OC(c1ccc(F)c(OCCCCN(C)c2ccccn2)c1)P(=O)(OCC)OCC. The van der Waals surface area contributed by atoms with Crippen molar-refractivity contribution < 1.29 is 40.9 Å². The molecule has 0 aliphatic carbocycles. The third-order valence-corrected chi connectivity index (χ3v) is 9.13. The molecule has 0 N–H and O–H groups in total. The van der Waals surface area contributed by atoms with Crippen molar-refractivity contribution in [3.8, 4) is 5.75 Å². The first kappa shape index (κ1) is 32.4. The van der Waals surface area contributed by atoms with E-state index in [2.05, 4.69) is 4.98 Å². The Kier molecular flexibility index (Phi) is 13.9. The Morgan fingerprint density at radius 2 is 1.58 bits per heavy atom. The van der Waals surface area contributed by atoms with E-state index in [1.165, 1.54) is 12.1 Å². The molecule has 2 aromatic rings. The molecule has 0 aliphatic rings. The molecule has 2 rings (SSSR count). The number of ether oxygens (including phenoxy) is 1. The fourth-order valence-electron chi connectivity index (χ4n) is 3.48. The summed E-state index contributed by atoms with van der Waals surface area (Å²) in [5.41, 5.74) is 0.182. The molecule has 1 heterocycles. The van der Waals surface area contributed by atoms with E-state index in [0.29, 0.717) is 6.42 Å². The Hall–Kier alpha value is -1.84. The summed E-state index contributed by atoms with van der Waals surface area (Å²) >= 11 is 0. The van der Waals surface area contributed by atoms with E-state index in [0.717, 1.165) is 24.8 Å². The number of hydrogen-bond acceptors (Lipinski definition) is 10. The second kappa shape index (κ2) is 16.3. The molecule has 0 amide bonds. The van der Waals surface area contributed by atoms with Crippen LogP contribution in [0.1, 0.15) is 51.9 Å². The zero-order valence-electron chi connectivity index (χ0n) is 22.7. The summed E-state index contributed by atoms with van der Waals surface area (Å²) in [6.45, 7) is 7.59. The van der Waals surface area contributed by atoms with Crippen LogP contribution in [0, 0.1) is 5.82 Å².